The molecule has 0 aliphatic rings. The zero-order valence-corrected chi connectivity index (χ0v) is 10.7. The van der Waals surface area contributed by atoms with Gasteiger partial charge in [0, 0.05) is 11.4 Å². The van der Waals surface area contributed by atoms with Gasteiger partial charge in [-0.25, -0.2) is 0 Å². The van der Waals surface area contributed by atoms with Crippen LogP contribution < -0.4 is 11.1 Å². The van der Waals surface area contributed by atoms with Gasteiger partial charge in [0.1, 0.15) is 0 Å². The fourth-order valence-electron chi connectivity index (χ4n) is 1.42. The minimum atomic E-state index is -0.237. The molecule has 2 rings (SSSR count). The third kappa shape index (κ3) is 2.50. The second-order valence-electron chi connectivity index (χ2n) is 3.64. The first kappa shape index (κ1) is 11.7. The van der Waals surface area contributed by atoms with Crippen molar-refractivity contribution in [1.82, 2.24) is 0 Å². The van der Waals surface area contributed by atoms with Crippen molar-refractivity contribution in [3.05, 3.63) is 46.3 Å². The van der Waals surface area contributed by atoms with Crippen LogP contribution in [0.4, 0.5) is 11.4 Å². The molecule has 1 aromatic heterocycles. The third-order valence-corrected chi connectivity index (χ3v) is 2.99. The Morgan fingerprint density at radius 3 is 2.82 bits per heavy atom. The SMILES string of the molecule is Cc1ccc(N)cc1NC(=O)c1ccoc1Br. The number of rotatable bonds is 2. The Bertz CT molecular complexity index is 563. The van der Waals surface area contributed by atoms with Crippen LogP contribution in [0.3, 0.4) is 0 Å². The Morgan fingerprint density at radius 1 is 1.41 bits per heavy atom. The second-order valence-corrected chi connectivity index (χ2v) is 4.36. The molecule has 1 amide bonds. The molecular weight excluding hydrogens is 284 g/mol. The van der Waals surface area contributed by atoms with Gasteiger partial charge >= 0.3 is 0 Å². The predicted octanol–water partition coefficient (Wildman–Crippen LogP) is 3.19. The van der Waals surface area contributed by atoms with Crippen molar-refractivity contribution in [1.29, 1.82) is 0 Å². The number of amides is 1. The predicted molar refractivity (Wildman–Crippen MR) is 70.0 cm³/mol. The molecule has 0 saturated heterocycles. The van der Waals surface area contributed by atoms with Gasteiger partial charge in [-0.15, -0.1) is 0 Å². The maximum Gasteiger partial charge on any atom is 0.260 e. The van der Waals surface area contributed by atoms with Gasteiger partial charge in [-0.1, -0.05) is 6.07 Å². The average Bonchev–Trinajstić information content (AvgIpc) is 2.70. The summed E-state index contributed by atoms with van der Waals surface area (Å²) in [6.45, 7) is 1.90. The van der Waals surface area contributed by atoms with Crippen LogP contribution in [0.15, 0.2) is 39.6 Å². The molecular formula is C12H11BrN2O2. The minimum Gasteiger partial charge on any atom is -0.457 e. The van der Waals surface area contributed by atoms with Gasteiger partial charge in [-0.3, -0.25) is 4.79 Å². The topological polar surface area (TPSA) is 68.3 Å². The van der Waals surface area contributed by atoms with Crippen LogP contribution in [0, 0.1) is 6.92 Å². The summed E-state index contributed by atoms with van der Waals surface area (Å²) in [6.07, 6.45) is 1.45. The monoisotopic (exact) mass is 294 g/mol. The van der Waals surface area contributed by atoms with Crippen LogP contribution in [-0.4, -0.2) is 5.91 Å². The third-order valence-electron chi connectivity index (χ3n) is 2.37. The van der Waals surface area contributed by atoms with Gasteiger partial charge in [0.2, 0.25) is 0 Å². The number of aryl methyl sites for hydroxylation is 1. The number of nitrogen functional groups attached to an aromatic ring is 1. The number of hydrogen-bond donors (Lipinski definition) is 2. The van der Waals surface area contributed by atoms with E-state index in [-0.39, 0.29) is 5.91 Å². The summed E-state index contributed by atoms with van der Waals surface area (Å²) in [5, 5.41) is 2.79. The molecule has 0 spiro atoms. The molecule has 1 aromatic carbocycles. The first-order valence-corrected chi connectivity index (χ1v) is 5.77. The molecule has 4 nitrogen and oxygen atoms in total. The van der Waals surface area contributed by atoms with Crippen LogP contribution >= 0.6 is 15.9 Å². The Morgan fingerprint density at radius 2 is 2.18 bits per heavy atom. The Kier molecular flexibility index (Phi) is 3.19. The highest BCUT2D eigenvalue weighted by Crippen LogP contribution is 2.22. The van der Waals surface area contributed by atoms with Crippen LogP contribution in [0.2, 0.25) is 0 Å². The van der Waals surface area contributed by atoms with Gasteiger partial charge in [0.25, 0.3) is 5.91 Å². The van der Waals surface area contributed by atoms with E-state index >= 15 is 0 Å². The molecule has 0 radical (unpaired) electrons. The van der Waals surface area contributed by atoms with Gasteiger partial charge in [0.15, 0.2) is 4.67 Å². The number of carbonyl (C=O) groups is 1. The van der Waals surface area contributed by atoms with Crippen molar-refractivity contribution >= 4 is 33.2 Å². The lowest BCUT2D eigenvalue weighted by Crippen LogP contribution is -2.12. The van der Waals surface area contributed by atoms with Crippen molar-refractivity contribution in [2.75, 3.05) is 11.1 Å². The van der Waals surface area contributed by atoms with Crippen LogP contribution in [0.25, 0.3) is 0 Å². The lowest BCUT2D eigenvalue weighted by molar-refractivity contribution is 0.102. The van der Waals surface area contributed by atoms with Crippen molar-refractivity contribution < 1.29 is 9.21 Å². The molecule has 1 heterocycles. The molecule has 0 aliphatic carbocycles. The number of nitrogens with one attached hydrogen (secondary N) is 1. The Balaban J connectivity index is 2.24. The van der Waals surface area contributed by atoms with Crippen molar-refractivity contribution in [2.45, 2.75) is 6.92 Å². The highest BCUT2D eigenvalue weighted by molar-refractivity contribution is 9.10. The van der Waals surface area contributed by atoms with Crippen molar-refractivity contribution in [2.24, 2.45) is 0 Å². The molecule has 0 atom stereocenters. The van der Waals surface area contributed by atoms with E-state index in [4.69, 9.17) is 10.2 Å². The van der Waals surface area contributed by atoms with Gasteiger partial charge in [0.05, 0.1) is 11.8 Å². The normalized spacial score (nSPS) is 10.2. The van der Waals surface area contributed by atoms with E-state index in [2.05, 4.69) is 21.2 Å². The smallest absolute Gasteiger partial charge is 0.260 e. The molecule has 17 heavy (non-hydrogen) atoms. The number of furan rings is 1. The summed E-state index contributed by atoms with van der Waals surface area (Å²) >= 11 is 3.16. The molecule has 2 aromatic rings. The van der Waals surface area contributed by atoms with Gasteiger partial charge in [-0.2, -0.15) is 0 Å². The zero-order valence-electron chi connectivity index (χ0n) is 9.16. The van der Waals surface area contributed by atoms with Crippen LogP contribution in [0.1, 0.15) is 15.9 Å². The maximum atomic E-state index is 11.9. The average molecular weight is 295 g/mol. The lowest BCUT2D eigenvalue weighted by atomic mass is 10.1. The molecule has 88 valence electrons. The zero-order chi connectivity index (χ0) is 12.4. The number of benzene rings is 1. The van der Waals surface area contributed by atoms with E-state index in [1.165, 1.54) is 6.26 Å². The van der Waals surface area contributed by atoms with Gasteiger partial charge in [-0.05, 0) is 46.6 Å². The Labute approximate surface area is 107 Å². The fourth-order valence-corrected chi connectivity index (χ4v) is 1.84. The summed E-state index contributed by atoms with van der Waals surface area (Å²) in [7, 11) is 0. The number of hydrogen-bond acceptors (Lipinski definition) is 3. The minimum absolute atomic E-state index is 0.237. The molecule has 0 aliphatic heterocycles. The molecule has 0 unspecified atom stereocenters. The van der Waals surface area contributed by atoms with E-state index in [0.29, 0.717) is 21.6 Å². The molecule has 0 saturated carbocycles. The lowest BCUT2D eigenvalue weighted by Gasteiger charge is -2.08. The molecule has 0 bridgehead atoms. The second kappa shape index (κ2) is 4.63. The number of halogens is 1. The molecule has 0 fully saturated rings. The first-order chi connectivity index (χ1) is 8.08. The molecule has 3 N–H and O–H groups in total. The quantitative estimate of drug-likeness (QED) is 0.836. The van der Waals surface area contributed by atoms with Crippen molar-refractivity contribution in [3.63, 3.8) is 0 Å². The number of carbonyl (C=O) groups excluding carboxylic acids is 1. The summed E-state index contributed by atoms with van der Waals surface area (Å²) < 4.78 is 5.42. The summed E-state index contributed by atoms with van der Waals surface area (Å²) in [5.74, 6) is -0.237. The van der Waals surface area contributed by atoms with E-state index in [1.54, 1.807) is 18.2 Å². The summed E-state index contributed by atoms with van der Waals surface area (Å²) in [6, 6.07) is 6.97. The molecule has 5 heteroatoms. The van der Waals surface area contributed by atoms with Gasteiger partial charge < -0.3 is 15.5 Å². The highest BCUT2D eigenvalue weighted by Gasteiger charge is 2.13. The highest BCUT2D eigenvalue weighted by atomic mass is 79.9. The fraction of sp³-hybridized carbons (Fsp3) is 0.0833. The van der Waals surface area contributed by atoms with E-state index < -0.39 is 0 Å². The van der Waals surface area contributed by atoms with E-state index in [0.717, 1.165) is 5.56 Å². The van der Waals surface area contributed by atoms with Crippen LogP contribution in [-0.2, 0) is 0 Å². The Hall–Kier alpha value is -1.75. The van der Waals surface area contributed by atoms with Crippen LogP contribution in [0.5, 0.6) is 0 Å². The maximum absolute atomic E-state index is 11.9. The van der Waals surface area contributed by atoms with Crippen molar-refractivity contribution in [3.8, 4) is 0 Å². The first-order valence-electron chi connectivity index (χ1n) is 4.98. The number of nitrogens with two attached hydrogens (primary N) is 1. The van der Waals surface area contributed by atoms with E-state index in [9.17, 15) is 4.79 Å². The largest absolute Gasteiger partial charge is 0.457 e. The number of anilines is 2. The summed E-state index contributed by atoms with van der Waals surface area (Å²) in [4.78, 5) is 11.9. The van der Waals surface area contributed by atoms with E-state index in [1.807, 2.05) is 13.0 Å². The summed E-state index contributed by atoms with van der Waals surface area (Å²) in [5.41, 5.74) is 8.38. The standard InChI is InChI=1S/C12H11BrN2O2/c1-7-2-3-8(14)6-10(7)15-12(16)9-4-5-17-11(9)13/h2-6H,14H2,1H3,(H,15,16).